The highest BCUT2D eigenvalue weighted by Gasteiger charge is 2.06. The first-order valence-electron chi connectivity index (χ1n) is 4.76. The highest BCUT2D eigenvalue weighted by molar-refractivity contribution is 4.95. The van der Waals surface area contributed by atoms with Gasteiger partial charge in [0, 0.05) is 19.5 Å². The van der Waals surface area contributed by atoms with E-state index >= 15 is 0 Å². The number of hydrogen-bond acceptors (Lipinski definition) is 2. The molecule has 1 atom stereocenters. The van der Waals surface area contributed by atoms with Crippen molar-refractivity contribution >= 4 is 0 Å². The van der Waals surface area contributed by atoms with Gasteiger partial charge in [0.05, 0.1) is 12.0 Å². The van der Waals surface area contributed by atoms with Crippen LogP contribution in [0.1, 0.15) is 27.2 Å². The molecule has 0 fully saturated rings. The molecule has 0 aliphatic carbocycles. The third kappa shape index (κ3) is 6.20. The fraction of sp³-hybridized carbons (Fsp3) is 0.727. The second-order valence-corrected chi connectivity index (χ2v) is 3.10. The number of nitrogens with zero attached hydrogens (tertiary/aromatic N) is 2. The van der Waals surface area contributed by atoms with Gasteiger partial charge in [0.1, 0.15) is 0 Å². The molecule has 72 valence electrons. The molecular formula is C11H18N2. The van der Waals surface area contributed by atoms with Crippen LogP contribution in [0.5, 0.6) is 0 Å². The molecule has 2 nitrogen and oxygen atoms in total. The summed E-state index contributed by atoms with van der Waals surface area (Å²) in [6.07, 6.45) is 0.905. The van der Waals surface area contributed by atoms with E-state index in [-0.39, 0.29) is 5.92 Å². The predicted octanol–water partition coefficient (Wildman–Crippen LogP) is 1.88. The minimum absolute atomic E-state index is 0.120. The van der Waals surface area contributed by atoms with E-state index < -0.39 is 0 Å². The first-order chi connectivity index (χ1) is 6.24. The Labute approximate surface area is 81.5 Å². The van der Waals surface area contributed by atoms with E-state index in [1.807, 2.05) is 13.8 Å². The molecule has 0 saturated heterocycles. The van der Waals surface area contributed by atoms with Crippen LogP contribution < -0.4 is 0 Å². The van der Waals surface area contributed by atoms with E-state index in [1.165, 1.54) is 0 Å². The lowest BCUT2D eigenvalue weighted by Gasteiger charge is -2.19. The zero-order valence-electron chi connectivity index (χ0n) is 8.80. The van der Waals surface area contributed by atoms with Gasteiger partial charge in [-0.1, -0.05) is 6.92 Å². The largest absolute Gasteiger partial charge is 0.301 e. The normalized spacial score (nSPS) is 11.6. The Kier molecular flexibility index (Phi) is 7.07. The Balaban J connectivity index is 3.74. The average Bonchev–Trinajstić information content (AvgIpc) is 2.16. The van der Waals surface area contributed by atoms with Crippen LogP contribution in [0.4, 0.5) is 0 Å². The summed E-state index contributed by atoms with van der Waals surface area (Å²) in [4.78, 5) is 2.26. The Morgan fingerprint density at radius 3 is 2.62 bits per heavy atom. The average molecular weight is 178 g/mol. The zero-order valence-corrected chi connectivity index (χ0v) is 8.80. The number of hydrogen-bond donors (Lipinski definition) is 0. The molecule has 0 heterocycles. The minimum atomic E-state index is 0.120. The maximum atomic E-state index is 8.65. The van der Waals surface area contributed by atoms with Gasteiger partial charge in [0.15, 0.2) is 0 Å². The van der Waals surface area contributed by atoms with Crippen molar-refractivity contribution in [2.45, 2.75) is 27.2 Å². The van der Waals surface area contributed by atoms with Gasteiger partial charge in [-0.25, -0.2) is 0 Å². The van der Waals surface area contributed by atoms with Crippen molar-refractivity contribution in [1.29, 1.82) is 5.26 Å². The Bertz CT molecular complexity index is 216. The van der Waals surface area contributed by atoms with Crippen LogP contribution in [0.3, 0.4) is 0 Å². The minimum Gasteiger partial charge on any atom is -0.301 e. The molecule has 0 saturated carbocycles. The summed E-state index contributed by atoms with van der Waals surface area (Å²) in [7, 11) is 0. The van der Waals surface area contributed by atoms with Gasteiger partial charge in [-0.3, -0.25) is 0 Å². The molecule has 0 aliphatic heterocycles. The molecule has 0 amide bonds. The first-order valence-corrected chi connectivity index (χ1v) is 4.76. The zero-order chi connectivity index (χ0) is 10.1. The summed E-state index contributed by atoms with van der Waals surface area (Å²) in [6, 6.07) is 2.24. The van der Waals surface area contributed by atoms with Crippen molar-refractivity contribution < 1.29 is 0 Å². The quantitative estimate of drug-likeness (QED) is 0.601. The molecule has 0 spiro atoms. The molecule has 0 N–H and O–H groups in total. The van der Waals surface area contributed by atoms with Crippen molar-refractivity contribution in [2.75, 3.05) is 19.6 Å². The Morgan fingerprint density at radius 2 is 2.15 bits per heavy atom. The van der Waals surface area contributed by atoms with Crippen LogP contribution in [0, 0.1) is 29.1 Å². The van der Waals surface area contributed by atoms with Crippen LogP contribution in [0.15, 0.2) is 0 Å². The molecule has 0 aliphatic rings. The van der Waals surface area contributed by atoms with Gasteiger partial charge in [0.2, 0.25) is 0 Å². The fourth-order valence-electron chi connectivity index (χ4n) is 1.15. The smallest absolute Gasteiger partial charge is 0.0666 e. The van der Waals surface area contributed by atoms with Crippen molar-refractivity contribution in [3.05, 3.63) is 0 Å². The lowest BCUT2D eigenvalue weighted by Crippen LogP contribution is -2.28. The molecule has 0 rings (SSSR count). The van der Waals surface area contributed by atoms with Crippen molar-refractivity contribution in [1.82, 2.24) is 4.90 Å². The second kappa shape index (κ2) is 7.65. The van der Waals surface area contributed by atoms with Crippen LogP contribution in [0.25, 0.3) is 0 Å². The number of rotatable bonds is 5. The first kappa shape index (κ1) is 12.0. The topological polar surface area (TPSA) is 27.0 Å². The molecule has 13 heavy (non-hydrogen) atoms. The summed E-state index contributed by atoms with van der Waals surface area (Å²) in [5.74, 6) is 6.02. The Hall–Kier alpha value is -0.990. The molecule has 0 aromatic carbocycles. The Morgan fingerprint density at radius 1 is 1.46 bits per heavy atom. The molecule has 0 aromatic heterocycles. The number of nitriles is 1. The van der Waals surface area contributed by atoms with Crippen LogP contribution >= 0.6 is 0 Å². The molecule has 2 heteroatoms. The van der Waals surface area contributed by atoms with Gasteiger partial charge in [0.25, 0.3) is 0 Å². The van der Waals surface area contributed by atoms with Crippen LogP contribution in [0.2, 0.25) is 0 Å². The van der Waals surface area contributed by atoms with Crippen LogP contribution in [-0.4, -0.2) is 24.5 Å². The maximum absolute atomic E-state index is 8.65. The fourth-order valence-corrected chi connectivity index (χ4v) is 1.15. The van der Waals surface area contributed by atoms with E-state index in [0.29, 0.717) is 0 Å². The molecule has 0 bridgehead atoms. The van der Waals surface area contributed by atoms with E-state index in [9.17, 15) is 0 Å². The van der Waals surface area contributed by atoms with E-state index in [4.69, 9.17) is 5.26 Å². The third-order valence-electron chi connectivity index (χ3n) is 1.93. The van der Waals surface area contributed by atoms with Gasteiger partial charge in [-0.15, -0.1) is 11.8 Å². The van der Waals surface area contributed by atoms with Gasteiger partial charge < -0.3 is 4.90 Å². The predicted molar refractivity (Wildman–Crippen MR) is 55.0 cm³/mol. The van der Waals surface area contributed by atoms with E-state index in [0.717, 1.165) is 26.1 Å². The van der Waals surface area contributed by atoms with Gasteiger partial charge in [-0.2, -0.15) is 5.26 Å². The molecule has 0 aromatic rings. The van der Waals surface area contributed by atoms with Crippen LogP contribution in [-0.2, 0) is 0 Å². The third-order valence-corrected chi connectivity index (χ3v) is 1.93. The van der Waals surface area contributed by atoms with Gasteiger partial charge >= 0.3 is 0 Å². The summed E-state index contributed by atoms with van der Waals surface area (Å²) >= 11 is 0. The lowest BCUT2D eigenvalue weighted by molar-refractivity contribution is 0.275. The van der Waals surface area contributed by atoms with Crippen molar-refractivity contribution in [3.8, 4) is 17.9 Å². The van der Waals surface area contributed by atoms with E-state index in [2.05, 4.69) is 29.7 Å². The highest BCUT2D eigenvalue weighted by Crippen LogP contribution is 1.98. The molecule has 0 radical (unpaired) electrons. The summed E-state index contributed by atoms with van der Waals surface area (Å²) in [6.45, 7) is 8.75. The summed E-state index contributed by atoms with van der Waals surface area (Å²) < 4.78 is 0. The van der Waals surface area contributed by atoms with E-state index in [1.54, 1.807) is 0 Å². The lowest BCUT2D eigenvalue weighted by atomic mass is 10.2. The monoisotopic (exact) mass is 178 g/mol. The molecule has 1 unspecified atom stereocenters. The standard InChI is InChI=1S/C11H18N2/c1-4-6-7-8-13(5-2)10-11(3)9-12/h11H,5,7-8,10H2,1-3H3. The van der Waals surface area contributed by atoms with Crippen molar-refractivity contribution in [2.24, 2.45) is 5.92 Å². The van der Waals surface area contributed by atoms with Crippen molar-refractivity contribution in [3.63, 3.8) is 0 Å². The summed E-state index contributed by atoms with van der Waals surface area (Å²) in [5, 5.41) is 8.65. The second-order valence-electron chi connectivity index (χ2n) is 3.10. The highest BCUT2D eigenvalue weighted by atomic mass is 15.1. The maximum Gasteiger partial charge on any atom is 0.0666 e. The van der Waals surface area contributed by atoms with Gasteiger partial charge in [-0.05, 0) is 20.4 Å². The SMILES string of the molecule is CC#CCCN(CC)CC(C)C#N. The molecular weight excluding hydrogens is 160 g/mol. The summed E-state index contributed by atoms with van der Waals surface area (Å²) in [5.41, 5.74) is 0.